The number of thiazole rings is 1. The first kappa shape index (κ1) is 23.8. The van der Waals surface area contributed by atoms with Crippen LogP contribution in [0.4, 0.5) is 5.13 Å². The van der Waals surface area contributed by atoms with Crippen LogP contribution in [-0.2, 0) is 18.4 Å². The van der Waals surface area contributed by atoms with Crippen LogP contribution in [0.15, 0.2) is 53.7 Å². The number of amides is 1. The number of ether oxygens (including phenoxy) is 2. The van der Waals surface area contributed by atoms with Crippen molar-refractivity contribution in [3.8, 4) is 22.8 Å². The fourth-order valence-electron chi connectivity index (χ4n) is 3.23. The van der Waals surface area contributed by atoms with Crippen LogP contribution in [0.3, 0.4) is 0 Å². The molecule has 0 aliphatic carbocycles. The standard InChI is InChI=1S/C24H25N5O3S2/c1-15-10-11-18(19(12-15)31-4)32-13-20-27-28-24(29(20)3)33-14-21(30)25-23-26-22(16(2)34-23)17-8-6-5-7-9-17/h5-12H,13-14H2,1-4H3,(H,25,26,30). The molecule has 2 aromatic carbocycles. The van der Waals surface area contributed by atoms with Crippen LogP contribution >= 0.6 is 23.1 Å². The molecule has 0 spiro atoms. The lowest BCUT2D eigenvalue weighted by Gasteiger charge is -2.11. The number of nitrogens with one attached hydrogen (secondary N) is 1. The van der Waals surface area contributed by atoms with E-state index in [1.807, 2.05) is 74.0 Å². The van der Waals surface area contributed by atoms with Crippen molar-refractivity contribution in [2.75, 3.05) is 18.2 Å². The third-order valence-corrected chi connectivity index (χ3v) is 6.93. The van der Waals surface area contributed by atoms with Gasteiger partial charge in [0.2, 0.25) is 5.91 Å². The topological polar surface area (TPSA) is 91.2 Å². The predicted octanol–water partition coefficient (Wildman–Crippen LogP) is 4.87. The second kappa shape index (κ2) is 10.7. The minimum absolute atomic E-state index is 0.149. The molecule has 0 saturated carbocycles. The maximum absolute atomic E-state index is 12.5. The summed E-state index contributed by atoms with van der Waals surface area (Å²) in [6, 6.07) is 15.7. The number of hydrogen-bond donors (Lipinski definition) is 1. The summed E-state index contributed by atoms with van der Waals surface area (Å²) in [5, 5.41) is 12.5. The summed E-state index contributed by atoms with van der Waals surface area (Å²) in [5.41, 5.74) is 3.00. The summed E-state index contributed by atoms with van der Waals surface area (Å²) in [6.07, 6.45) is 0. The second-order valence-electron chi connectivity index (χ2n) is 7.53. The Hall–Kier alpha value is -3.37. The lowest BCUT2D eigenvalue weighted by molar-refractivity contribution is -0.113. The highest BCUT2D eigenvalue weighted by atomic mass is 32.2. The molecule has 34 heavy (non-hydrogen) atoms. The molecule has 1 N–H and O–H groups in total. The van der Waals surface area contributed by atoms with Crippen LogP contribution in [0, 0.1) is 13.8 Å². The van der Waals surface area contributed by atoms with E-state index < -0.39 is 0 Å². The highest BCUT2D eigenvalue weighted by molar-refractivity contribution is 7.99. The Balaban J connectivity index is 1.33. The molecular formula is C24H25N5O3S2. The first-order chi connectivity index (χ1) is 16.4. The van der Waals surface area contributed by atoms with Crippen LogP contribution < -0.4 is 14.8 Å². The third-order valence-electron chi connectivity index (χ3n) is 5.02. The fraction of sp³-hybridized carbons (Fsp3) is 0.250. The van der Waals surface area contributed by atoms with Gasteiger partial charge < -0.3 is 19.4 Å². The van der Waals surface area contributed by atoms with Gasteiger partial charge in [-0.2, -0.15) is 0 Å². The van der Waals surface area contributed by atoms with Gasteiger partial charge in [-0.3, -0.25) is 4.79 Å². The monoisotopic (exact) mass is 495 g/mol. The first-order valence-corrected chi connectivity index (χ1v) is 12.4. The van der Waals surface area contributed by atoms with E-state index in [1.165, 1.54) is 23.1 Å². The predicted molar refractivity (Wildman–Crippen MR) is 135 cm³/mol. The number of thioether (sulfide) groups is 1. The molecule has 0 unspecified atom stereocenters. The van der Waals surface area contributed by atoms with Gasteiger partial charge in [-0.05, 0) is 31.5 Å². The normalized spacial score (nSPS) is 10.8. The summed E-state index contributed by atoms with van der Waals surface area (Å²) in [7, 11) is 3.46. The first-order valence-electron chi connectivity index (χ1n) is 10.6. The number of hydrogen-bond acceptors (Lipinski definition) is 8. The van der Waals surface area contributed by atoms with Gasteiger partial charge >= 0.3 is 0 Å². The number of benzene rings is 2. The SMILES string of the molecule is COc1cc(C)ccc1OCc1nnc(SCC(=O)Nc2nc(-c3ccccc3)c(C)s2)n1C. The number of carbonyl (C=O) groups is 1. The molecule has 0 atom stereocenters. The van der Waals surface area contributed by atoms with Gasteiger partial charge in [0.15, 0.2) is 27.6 Å². The van der Waals surface area contributed by atoms with Crippen molar-refractivity contribution in [2.45, 2.75) is 25.6 Å². The van der Waals surface area contributed by atoms with Crippen molar-refractivity contribution in [2.24, 2.45) is 7.05 Å². The average molecular weight is 496 g/mol. The molecule has 1 amide bonds. The molecule has 0 bridgehead atoms. The number of aromatic nitrogens is 4. The average Bonchev–Trinajstić information content (AvgIpc) is 3.38. The van der Waals surface area contributed by atoms with Crippen molar-refractivity contribution in [3.05, 3.63) is 64.8 Å². The maximum Gasteiger partial charge on any atom is 0.236 e. The van der Waals surface area contributed by atoms with Gasteiger partial charge in [-0.1, -0.05) is 48.2 Å². The number of nitrogens with zero attached hydrogens (tertiary/aromatic N) is 4. The molecule has 0 saturated heterocycles. The molecule has 4 aromatic rings. The Labute approximate surface area is 206 Å². The molecule has 2 heterocycles. The molecule has 2 aromatic heterocycles. The number of carbonyl (C=O) groups excluding carboxylic acids is 1. The van der Waals surface area contributed by atoms with Gasteiger partial charge in [-0.25, -0.2) is 4.98 Å². The lowest BCUT2D eigenvalue weighted by Crippen LogP contribution is -2.14. The Morgan fingerprint density at radius 1 is 1.12 bits per heavy atom. The van der Waals surface area contributed by atoms with E-state index >= 15 is 0 Å². The van der Waals surface area contributed by atoms with Crippen LogP contribution in [0.2, 0.25) is 0 Å². The van der Waals surface area contributed by atoms with Crippen molar-refractivity contribution >= 4 is 34.1 Å². The van der Waals surface area contributed by atoms with Gasteiger partial charge in [0.1, 0.15) is 6.61 Å². The smallest absolute Gasteiger partial charge is 0.236 e. The largest absolute Gasteiger partial charge is 0.493 e. The quantitative estimate of drug-likeness (QED) is 0.331. The van der Waals surface area contributed by atoms with Crippen LogP contribution in [0.1, 0.15) is 16.3 Å². The summed E-state index contributed by atoms with van der Waals surface area (Å²) >= 11 is 2.77. The van der Waals surface area contributed by atoms with Crippen LogP contribution in [0.25, 0.3) is 11.3 Å². The molecule has 0 aliphatic heterocycles. The fourth-order valence-corrected chi connectivity index (χ4v) is 4.81. The van der Waals surface area contributed by atoms with Gasteiger partial charge in [0.25, 0.3) is 0 Å². The number of methoxy groups -OCH3 is 1. The molecule has 176 valence electrons. The Morgan fingerprint density at radius 2 is 1.91 bits per heavy atom. The molecular weight excluding hydrogens is 470 g/mol. The number of rotatable bonds is 9. The zero-order valence-electron chi connectivity index (χ0n) is 19.4. The highest BCUT2D eigenvalue weighted by Crippen LogP contribution is 2.31. The van der Waals surface area contributed by atoms with E-state index in [-0.39, 0.29) is 18.3 Å². The van der Waals surface area contributed by atoms with Crippen LogP contribution in [0.5, 0.6) is 11.5 Å². The van der Waals surface area contributed by atoms with Crippen molar-refractivity contribution in [1.29, 1.82) is 0 Å². The Bertz CT molecular complexity index is 1290. The van der Waals surface area contributed by atoms with Crippen molar-refractivity contribution in [1.82, 2.24) is 19.7 Å². The summed E-state index contributed by atoms with van der Waals surface area (Å²) in [4.78, 5) is 18.1. The van der Waals surface area contributed by atoms with E-state index in [9.17, 15) is 4.79 Å². The zero-order valence-corrected chi connectivity index (χ0v) is 21.0. The van der Waals surface area contributed by atoms with Crippen molar-refractivity contribution < 1.29 is 14.3 Å². The summed E-state index contributed by atoms with van der Waals surface area (Å²) in [5.74, 6) is 1.99. The Kier molecular flexibility index (Phi) is 7.49. The van der Waals surface area contributed by atoms with Gasteiger partial charge in [-0.15, -0.1) is 21.5 Å². The molecule has 0 fully saturated rings. The molecule has 4 rings (SSSR count). The molecule has 10 heteroatoms. The zero-order chi connectivity index (χ0) is 24.1. The molecule has 8 nitrogen and oxygen atoms in total. The lowest BCUT2D eigenvalue weighted by atomic mass is 10.1. The van der Waals surface area contributed by atoms with Gasteiger partial charge in [0.05, 0.1) is 18.6 Å². The van der Waals surface area contributed by atoms with Gasteiger partial charge in [0, 0.05) is 17.5 Å². The van der Waals surface area contributed by atoms with E-state index in [4.69, 9.17) is 9.47 Å². The van der Waals surface area contributed by atoms with Crippen molar-refractivity contribution in [3.63, 3.8) is 0 Å². The third kappa shape index (κ3) is 5.57. The van der Waals surface area contributed by atoms with E-state index in [0.29, 0.717) is 27.6 Å². The molecule has 0 aliphatic rings. The highest BCUT2D eigenvalue weighted by Gasteiger charge is 2.15. The minimum Gasteiger partial charge on any atom is -0.493 e. The van der Waals surface area contributed by atoms with E-state index in [2.05, 4.69) is 20.5 Å². The van der Waals surface area contributed by atoms with E-state index in [1.54, 1.807) is 7.11 Å². The maximum atomic E-state index is 12.5. The number of anilines is 1. The minimum atomic E-state index is -0.149. The Morgan fingerprint density at radius 3 is 2.68 bits per heavy atom. The second-order valence-corrected chi connectivity index (χ2v) is 9.67. The van der Waals surface area contributed by atoms with E-state index in [0.717, 1.165) is 21.7 Å². The summed E-state index contributed by atoms with van der Waals surface area (Å²) in [6.45, 7) is 4.22. The molecule has 0 radical (unpaired) electrons. The number of aryl methyl sites for hydroxylation is 2. The summed E-state index contributed by atoms with van der Waals surface area (Å²) < 4.78 is 13.1. The van der Waals surface area contributed by atoms with Crippen LogP contribution in [-0.4, -0.2) is 38.5 Å².